The highest BCUT2D eigenvalue weighted by molar-refractivity contribution is 5.88. The van der Waals surface area contributed by atoms with E-state index >= 15 is 0 Å². The van der Waals surface area contributed by atoms with Crippen LogP contribution in [0.4, 0.5) is 13.2 Å². The Balaban J connectivity index is 2.68. The Morgan fingerprint density at radius 2 is 1.84 bits per heavy atom. The molecule has 19 heavy (non-hydrogen) atoms. The minimum Gasteiger partial charge on any atom is -0.494 e. The molecule has 2 rings (SSSR count). The van der Waals surface area contributed by atoms with Crippen molar-refractivity contribution in [2.75, 3.05) is 6.61 Å². The summed E-state index contributed by atoms with van der Waals surface area (Å²) in [6, 6.07) is 8.03. The number of alkyl halides is 3. The minimum absolute atomic E-state index is 0.00699. The fourth-order valence-electron chi connectivity index (χ4n) is 2.04. The second-order valence-corrected chi connectivity index (χ2v) is 4.15. The number of nitrogens with two attached hydrogens (primary N) is 1. The van der Waals surface area contributed by atoms with Crippen molar-refractivity contribution in [3.8, 4) is 5.75 Å². The number of hydrogen-bond acceptors (Lipinski definition) is 2. The fraction of sp³-hybridized carbons (Fsp3) is 0.286. The lowest BCUT2D eigenvalue weighted by Crippen LogP contribution is -2.29. The summed E-state index contributed by atoms with van der Waals surface area (Å²) in [5, 5.41) is 1.18. The van der Waals surface area contributed by atoms with Crippen molar-refractivity contribution in [1.82, 2.24) is 0 Å². The van der Waals surface area contributed by atoms with Crippen LogP contribution in [-0.4, -0.2) is 12.8 Å². The molecular weight excluding hydrogens is 255 g/mol. The molecule has 0 bridgehead atoms. The van der Waals surface area contributed by atoms with Crippen molar-refractivity contribution in [1.29, 1.82) is 0 Å². The Hall–Kier alpha value is -1.75. The average molecular weight is 269 g/mol. The first kappa shape index (κ1) is 13.7. The number of ether oxygens (including phenoxy) is 1. The van der Waals surface area contributed by atoms with E-state index in [9.17, 15) is 13.2 Å². The van der Waals surface area contributed by atoms with Crippen LogP contribution in [0.15, 0.2) is 36.4 Å². The normalized spacial score (nSPS) is 13.5. The maximum atomic E-state index is 12.9. The fourth-order valence-corrected chi connectivity index (χ4v) is 2.04. The number of rotatable bonds is 3. The number of fused-ring (bicyclic) bond motifs is 1. The lowest BCUT2D eigenvalue weighted by molar-refractivity contribution is -0.149. The summed E-state index contributed by atoms with van der Waals surface area (Å²) in [5.74, 6) is 0.186. The molecular formula is C14H14F3NO. The van der Waals surface area contributed by atoms with Gasteiger partial charge in [0.05, 0.1) is 6.61 Å². The molecule has 0 aliphatic heterocycles. The number of halogens is 3. The highest BCUT2D eigenvalue weighted by Gasteiger charge is 2.40. The molecule has 0 saturated carbocycles. The number of hydrogen-bond donors (Lipinski definition) is 1. The van der Waals surface area contributed by atoms with Gasteiger partial charge in [-0.15, -0.1) is 0 Å². The summed E-state index contributed by atoms with van der Waals surface area (Å²) in [6.45, 7) is 2.01. The molecule has 102 valence electrons. The Morgan fingerprint density at radius 1 is 1.16 bits per heavy atom. The van der Waals surface area contributed by atoms with Gasteiger partial charge < -0.3 is 10.5 Å². The van der Waals surface area contributed by atoms with Gasteiger partial charge >= 0.3 is 6.18 Å². The van der Waals surface area contributed by atoms with Crippen LogP contribution in [-0.2, 0) is 0 Å². The van der Waals surface area contributed by atoms with Gasteiger partial charge in [-0.3, -0.25) is 0 Å². The third-order valence-corrected chi connectivity index (χ3v) is 2.89. The molecule has 0 aromatic heterocycles. The predicted molar refractivity (Wildman–Crippen MR) is 68.1 cm³/mol. The molecule has 0 aliphatic carbocycles. The minimum atomic E-state index is -4.50. The van der Waals surface area contributed by atoms with E-state index in [-0.39, 0.29) is 17.9 Å². The van der Waals surface area contributed by atoms with E-state index in [2.05, 4.69) is 0 Å². The molecule has 5 heteroatoms. The van der Waals surface area contributed by atoms with Crippen LogP contribution in [0.5, 0.6) is 5.75 Å². The van der Waals surface area contributed by atoms with Crippen LogP contribution >= 0.6 is 0 Å². The molecule has 0 fully saturated rings. The second-order valence-electron chi connectivity index (χ2n) is 4.15. The van der Waals surface area contributed by atoms with Gasteiger partial charge in [0.1, 0.15) is 11.8 Å². The van der Waals surface area contributed by atoms with Crippen molar-refractivity contribution in [3.05, 3.63) is 42.0 Å². The summed E-state index contributed by atoms with van der Waals surface area (Å²) < 4.78 is 44.0. The molecule has 2 nitrogen and oxygen atoms in total. The molecule has 0 amide bonds. The van der Waals surface area contributed by atoms with Gasteiger partial charge in [0.2, 0.25) is 0 Å². The predicted octanol–water partition coefficient (Wildman–Crippen LogP) is 3.80. The quantitative estimate of drug-likeness (QED) is 0.919. The Bertz CT molecular complexity index is 580. The van der Waals surface area contributed by atoms with Crippen LogP contribution in [0.1, 0.15) is 18.5 Å². The molecule has 0 radical (unpaired) electrons. The van der Waals surface area contributed by atoms with E-state index in [1.165, 1.54) is 6.07 Å². The lowest BCUT2D eigenvalue weighted by Gasteiger charge is -2.21. The van der Waals surface area contributed by atoms with E-state index in [1.807, 2.05) is 0 Å². The van der Waals surface area contributed by atoms with Gasteiger partial charge in [-0.1, -0.05) is 30.3 Å². The zero-order valence-electron chi connectivity index (χ0n) is 10.4. The summed E-state index contributed by atoms with van der Waals surface area (Å²) >= 11 is 0. The SMILES string of the molecule is CCOc1ccc2ccccc2c1[C@@H](N)C(F)(F)F. The third-order valence-electron chi connectivity index (χ3n) is 2.89. The van der Waals surface area contributed by atoms with Gasteiger partial charge in [0.25, 0.3) is 0 Å². The second kappa shape index (κ2) is 5.09. The van der Waals surface area contributed by atoms with Crippen molar-refractivity contribution >= 4 is 10.8 Å². The van der Waals surface area contributed by atoms with E-state index in [1.54, 1.807) is 37.3 Å². The van der Waals surface area contributed by atoms with Crippen LogP contribution in [0.25, 0.3) is 10.8 Å². The van der Waals surface area contributed by atoms with E-state index in [0.29, 0.717) is 10.8 Å². The molecule has 2 aromatic rings. The van der Waals surface area contributed by atoms with Crippen molar-refractivity contribution < 1.29 is 17.9 Å². The van der Waals surface area contributed by atoms with Gasteiger partial charge in [-0.2, -0.15) is 13.2 Å². The first-order valence-corrected chi connectivity index (χ1v) is 5.92. The highest BCUT2D eigenvalue weighted by atomic mass is 19.4. The van der Waals surface area contributed by atoms with E-state index in [0.717, 1.165) is 0 Å². The maximum Gasteiger partial charge on any atom is 0.407 e. The van der Waals surface area contributed by atoms with Crippen molar-refractivity contribution in [3.63, 3.8) is 0 Å². The number of benzene rings is 2. The molecule has 0 saturated heterocycles. The van der Waals surface area contributed by atoms with Crippen molar-refractivity contribution in [2.45, 2.75) is 19.1 Å². The van der Waals surface area contributed by atoms with E-state index < -0.39 is 12.2 Å². The zero-order valence-corrected chi connectivity index (χ0v) is 10.4. The van der Waals surface area contributed by atoms with Crippen LogP contribution in [0.2, 0.25) is 0 Å². The first-order chi connectivity index (χ1) is 8.95. The third kappa shape index (κ3) is 2.66. The van der Waals surface area contributed by atoms with Gasteiger partial charge in [0.15, 0.2) is 0 Å². The van der Waals surface area contributed by atoms with Crippen LogP contribution in [0.3, 0.4) is 0 Å². The Morgan fingerprint density at radius 3 is 2.47 bits per heavy atom. The monoisotopic (exact) mass is 269 g/mol. The summed E-state index contributed by atoms with van der Waals surface area (Å²) in [7, 11) is 0. The molecule has 0 unspecified atom stereocenters. The molecule has 0 spiro atoms. The molecule has 0 aliphatic rings. The molecule has 1 atom stereocenters. The van der Waals surface area contributed by atoms with Gasteiger partial charge in [-0.05, 0) is 23.8 Å². The van der Waals surface area contributed by atoms with Crippen LogP contribution < -0.4 is 10.5 Å². The molecule has 2 N–H and O–H groups in total. The topological polar surface area (TPSA) is 35.2 Å². The van der Waals surface area contributed by atoms with Crippen LogP contribution in [0, 0.1) is 0 Å². The van der Waals surface area contributed by atoms with Gasteiger partial charge in [-0.25, -0.2) is 0 Å². The van der Waals surface area contributed by atoms with Crippen molar-refractivity contribution in [2.24, 2.45) is 5.73 Å². The maximum absolute atomic E-state index is 12.9. The summed E-state index contributed by atoms with van der Waals surface area (Å²) in [5.41, 5.74) is 5.36. The zero-order chi connectivity index (χ0) is 14.0. The molecule has 2 aromatic carbocycles. The smallest absolute Gasteiger partial charge is 0.407 e. The molecule has 0 heterocycles. The lowest BCUT2D eigenvalue weighted by atomic mass is 9.97. The van der Waals surface area contributed by atoms with E-state index in [4.69, 9.17) is 10.5 Å². The first-order valence-electron chi connectivity index (χ1n) is 5.92. The summed E-state index contributed by atoms with van der Waals surface area (Å²) in [6.07, 6.45) is -4.50. The standard InChI is InChI=1S/C14H14F3NO/c1-2-19-11-8-7-9-5-3-4-6-10(9)12(11)13(18)14(15,16)17/h3-8,13H,2,18H2,1H3/t13-/m1/s1. The Labute approximate surface area is 109 Å². The highest BCUT2D eigenvalue weighted by Crippen LogP contribution is 2.39. The largest absolute Gasteiger partial charge is 0.494 e. The van der Waals surface area contributed by atoms with Gasteiger partial charge in [0, 0.05) is 5.56 Å². The summed E-state index contributed by atoms with van der Waals surface area (Å²) in [4.78, 5) is 0. The Kier molecular flexibility index (Phi) is 3.66. The average Bonchev–Trinajstić information content (AvgIpc) is 2.37.